The smallest absolute Gasteiger partial charge is 0.270 e. The third kappa shape index (κ3) is 1.90. The molecular weight excluding hydrogens is 206 g/mol. The first-order valence-electron chi connectivity index (χ1n) is 5.54. The monoisotopic (exact) mass is 223 g/mol. The number of aliphatic hydroxyl groups excluding tert-OH is 1. The number of likely N-dealkylation sites (tertiary alicyclic amines) is 1. The number of β-amino-alcohol motifs (C(OH)–C–C–N with tert-alkyl or cyclic N) is 1. The number of anilines is 1. The number of aromatic nitrogens is 1. The van der Waals surface area contributed by atoms with Crippen LogP contribution in [0.25, 0.3) is 0 Å². The molecule has 3 N–H and O–H groups in total. The van der Waals surface area contributed by atoms with Crippen LogP contribution in [0.1, 0.15) is 23.8 Å². The van der Waals surface area contributed by atoms with Crippen LogP contribution in [0.4, 0.5) is 5.69 Å². The number of carbonyl (C=O) groups is 1. The molecule has 1 aromatic rings. The number of nitrogens with zero attached hydrogens (tertiary/aromatic N) is 2. The summed E-state index contributed by atoms with van der Waals surface area (Å²) in [6.07, 6.45) is 2.04. The molecule has 0 saturated carbocycles. The zero-order valence-electron chi connectivity index (χ0n) is 9.39. The second-order valence-electron chi connectivity index (χ2n) is 4.14. The fraction of sp³-hybridized carbons (Fsp3) is 0.545. The summed E-state index contributed by atoms with van der Waals surface area (Å²) in [5, 5.41) is 9.40. The van der Waals surface area contributed by atoms with Crippen LogP contribution in [-0.4, -0.2) is 39.7 Å². The van der Waals surface area contributed by atoms with Gasteiger partial charge in [0.15, 0.2) is 0 Å². The summed E-state index contributed by atoms with van der Waals surface area (Å²) in [5.74, 6) is -0.0462. The summed E-state index contributed by atoms with van der Waals surface area (Å²) in [6.45, 7) is 3.73. The maximum Gasteiger partial charge on any atom is 0.270 e. The van der Waals surface area contributed by atoms with Gasteiger partial charge in [0.2, 0.25) is 0 Å². The van der Waals surface area contributed by atoms with E-state index in [0.29, 0.717) is 37.4 Å². The topological polar surface area (TPSA) is 71.5 Å². The predicted molar refractivity (Wildman–Crippen MR) is 61.0 cm³/mol. The average Bonchev–Trinajstić information content (AvgIpc) is 2.83. The van der Waals surface area contributed by atoms with Crippen LogP contribution in [0.15, 0.2) is 12.3 Å². The summed E-state index contributed by atoms with van der Waals surface area (Å²) in [7, 11) is 0. The molecule has 0 unspecified atom stereocenters. The summed E-state index contributed by atoms with van der Waals surface area (Å²) < 4.78 is 1.84. The highest BCUT2D eigenvalue weighted by atomic mass is 16.3. The average molecular weight is 223 g/mol. The third-order valence-corrected chi connectivity index (χ3v) is 2.93. The van der Waals surface area contributed by atoms with Crippen molar-refractivity contribution in [1.82, 2.24) is 9.47 Å². The van der Waals surface area contributed by atoms with E-state index in [4.69, 9.17) is 5.73 Å². The lowest BCUT2D eigenvalue weighted by Gasteiger charge is -2.16. The van der Waals surface area contributed by atoms with Gasteiger partial charge in [-0.15, -0.1) is 0 Å². The van der Waals surface area contributed by atoms with E-state index in [1.165, 1.54) is 0 Å². The molecule has 2 heterocycles. The Hall–Kier alpha value is -1.49. The Bertz CT molecular complexity index is 400. The first-order valence-corrected chi connectivity index (χ1v) is 5.54. The van der Waals surface area contributed by atoms with Gasteiger partial charge in [-0.05, 0) is 19.4 Å². The largest absolute Gasteiger partial charge is 0.397 e. The number of hydrogen-bond donors (Lipinski definition) is 2. The Morgan fingerprint density at radius 3 is 3.00 bits per heavy atom. The Morgan fingerprint density at radius 1 is 1.69 bits per heavy atom. The minimum atomic E-state index is -0.383. The van der Waals surface area contributed by atoms with Gasteiger partial charge in [0, 0.05) is 25.8 Å². The van der Waals surface area contributed by atoms with E-state index in [1.807, 2.05) is 11.5 Å². The van der Waals surface area contributed by atoms with Crippen LogP contribution in [-0.2, 0) is 6.54 Å². The normalized spacial score (nSPS) is 20.4. The molecule has 1 amide bonds. The Balaban J connectivity index is 2.20. The fourth-order valence-electron chi connectivity index (χ4n) is 2.06. The lowest BCUT2D eigenvalue weighted by Crippen LogP contribution is -2.31. The molecule has 5 heteroatoms. The van der Waals surface area contributed by atoms with Gasteiger partial charge in [0.05, 0.1) is 11.8 Å². The zero-order chi connectivity index (χ0) is 11.7. The molecule has 1 saturated heterocycles. The van der Waals surface area contributed by atoms with Crippen molar-refractivity contribution < 1.29 is 9.90 Å². The van der Waals surface area contributed by atoms with Crippen molar-refractivity contribution >= 4 is 11.6 Å². The number of amides is 1. The Labute approximate surface area is 94.5 Å². The lowest BCUT2D eigenvalue weighted by molar-refractivity contribution is 0.0754. The van der Waals surface area contributed by atoms with Crippen molar-refractivity contribution in [3.05, 3.63) is 18.0 Å². The van der Waals surface area contributed by atoms with E-state index in [0.717, 1.165) is 0 Å². The second-order valence-corrected chi connectivity index (χ2v) is 4.14. The predicted octanol–water partition coefficient (Wildman–Crippen LogP) is 0.297. The van der Waals surface area contributed by atoms with E-state index >= 15 is 0 Å². The number of hydrogen-bond acceptors (Lipinski definition) is 3. The van der Waals surface area contributed by atoms with Gasteiger partial charge in [-0.3, -0.25) is 4.79 Å². The van der Waals surface area contributed by atoms with Crippen LogP contribution >= 0.6 is 0 Å². The highest BCUT2D eigenvalue weighted by molar-refractivity contribution is 5.94. The summed E-state index contributed by atoms with van der Waals surface area (Å²) >= 11 is 0. The molecular formula is C11H17N3O2. The highest BCUT2D eigenvalue weighted by Crippen LogP contribution is 2.17. The number of aryl methyl sites for hydroxylation is 1. The maximum atomic E-state index is 12.1. The minimum absolute atomic E-state index is 0.0462. The van der Waals surface area contributed by atoms with Crippen LogP contribution < -0.4 is 5.73 Å². The number of rotatable bonds is 2. The zero-order valence-corrected chi connectivity index (χ0v) is 9.39. The molecule has 5 nitrogen and oxygen atoms in total. The molecule has 0 aliphatic carbocycles. The van der Waals surface area contributed by atoms with Crippen molar-refractivity contribution in [3.63, 3.8) is 0 Å². The van der Waals surface area contributed by atoms with Crippen LogP contribution in [0, 0.1) is 0 Å². The first-order chi connectivity index (χ1) is 7.61. The van der Waals surface area contributed by atoms with Crippen molar-refractivity contribution in [3.8, 4) is 0 Å². The molecule has 0 radical (unpaired) electrons. The quantitative estimate of drug-likeness (QED) is 0.757. The van der Waals surface area contributed by atoms with E-state index in [2.05, 4.69) is 0 Å². The van der Waals surface area contributed by atoms with E-state index in [1.54, 1.807) is 17.2 Å². The summed E-state index contributed by atoms with van der Waals surface area (Å²) in [5.41, 5.74) is 6.89. The van der Waals surface area contributed by atoms with Crippen LogP contribution in [0.2, 0.25) is 0 Å². The van der Waals surface area contributed by atoms with E-state index < -0.39 is 0 Å². The third-order valence-electron chi connectivity index (χ3n) is 2.93. The van der Waals surface area contributed by atoms with Gasteiger partial charge < -0.3 is 20.3 Å². The molecule has 1 atom stereocenters. The molecule has 1 fully saturated rings. The van der Waals surface area contributed by atoms with E-state index in [9.17, 15) is 9.90 Å². The second kappa shape index (κ2) is 4.17. The van der Waals surface area contributed by atoms with E-state index in [-0.39, 0.29) is 12.0 Å². The van der Waals surface area contributed by atoms with Gasteiger partial charge in [0.25, 0.3) is 5.91 Å². The van der Waals surface area contributed by atoms with Gasteiger partial charge in [-0.25, -0.2) is 0 Å². The van der Waals surface area contributed by atoms with Crippen molar-refractivity contribution in [2.75, 3.05) is 18.8 Å². The van der Waals surface area contributed by atoms with Crippen molar-refractivity contribution in [1.29, 1.82) is 0 Å². The highest BCUT2D eigenvalue weighted by Gasteiger charge is 2.27. The number of nitrogens with two attached hydrogens (primary N) is 1. The fourth-order valence-corrected chi connectivity index (χ4v) is 2.06. The standard InChI is InChI=1S/C11H17N3O2/c1-2-13-6-8(12)5-10(13)11(16)14-4-3-9(15)7-14/h5-6,9,15H,2-4,7,12H2,1H3/t9-/m1/s1. The lowest BCUT2D eigenvalue weighted by atomic mass is 10.3. The molecule has 1 aliphatic heterocycles. The first kappa shape index (κ1) is 11.0. The van der Waals surface area contributed by atoms with Gasteiger partial charge in [-0.2, -0.15) is 0 Å². The number of aliphatic hydroxyl groups is 1. The molecule has 0 aromatic carbocycles. The summed E-state index contributed by atoms with van der Waals surface area (Å²) in [6, 6.07) is 1.69. The Morgan fingerprint density at radius 2 is 2.44 bits per heavy atom. The van der Waals surface area contributed by atoms with Gasteiger partial charge >= 0.3 is 0 Å². The molecule has 0 spiro atoms. The molecule has 1 aliphatic rings. The van der Waals surface area contributed by atoms with Gasteiger partial charge in [-0.1, -0.05) is 0 Å². The van der Waals surface area contributed by atoms with Crippen molar-refractivity contribution in [2.24, 2.45) is 0 Å². The summed E-state index contributed by atoms with van der Waals surface area (Å²) in [4.78, 5) is 13.8. The molecule has 2 rings (SSSR count). The SMILES string of the molecule is CCn1cc(N)cc1C(=O)N1CC[C@@H](O)C1. The van der Waals surface area contributed by atoms with Crippen molar-refractivity contribution in [2.45, 2.75) is 26.0 Å². The maximum absolute atomic E-state index is 12.1. The van der Waals surface area contributed by atoms with Crippen LogP contribution in [0.5, 0.6) is 0 Å². The molecule has 1 aromatic heterocycles. The molecule has 16 heavy (non-hydrogen) atoms. The Kier molecular flexibility index (Phi) is 2.87. The number of carbonyl (C=O) groups excluding carboxylic acids is 1. The number of nitrogen functional groups attached to an aromatic ring is 1. The molecule has 0 bridgehead atoms. The minimum Gasteiger partial charge on any atom is -0.397 e. The van der Waals surface area contributed by atoms with Gasteiger partial charge in [0.1, 0.15) is 5.69 Å². The molecule has 88 valence electrons. The van der Waals surface area contributed by atoms with Crippen LogP contribution in [0.3, 0.4) is 0 Å².